The highest BCUT2D eigenvalue weighted by atomic mass is 79.9. The van der Waals surface area contributed by atoms with E-state index in [9.17, 15) is 0 Å². The summed E-state index contributed by atoms with van der Waals surface area (Å²) in [5, 5.41) is 0. The summed E-state index contributed by atoms with van der Waals surface area (Å²) in [4.78, 5) is 4.78. The van der Waals surface area contributed by atoms with Gasteiger partial charge in [-0.25, -0.2) is 0 Å². The molecule has 1 fully saturated rings. The van der Waals surface area contributed by atoms with Gasteiger partial charge in [0.25, 0.3) is 0 Å². The molecule has 2 unspecified atom stereocenters. The smallest absolute Gasteiger partial charge is 0.0418 e. The zero-order chi connectivity index (χ0) is 13.8. The highest BCUT2D eigenvalue weighted by molar-refractivity contribution is 9.10. The van der Waals surface area contributed by atoms with Gasteiger partial charge in [-0.1, -0.05) is 28.1 Å². The number of rotatable bonds is 4. The van der Waals surface area contributed by atoms with Gasteiger partial charge in [0.1, 0.15) is 0 Å². The minimum atomic E-state index is 0.272. The molecular weight excluding hydrogens is 304 g/mol. The molecule has 4 nitrogen and oxygen atoms in total. The van der Waals surface area contributed by atoms with Crippen molar-refractivity contribution in [2.45, 2.75) is 18.5 Å². The van der Waals surface area contributed by atoms with Gasteiger partial charge >= 0.3 is 0 Å². The standard InChI is InChI=1S/C14H23BrN4/c1-18-7-8-19(2)14(10-18)13(17-16)9-11-3-5-12(15)6-4-11/h3-6,13-14,17H,7-10,16H2,1-2H3. The number of likely N-dealkylation sites (N-methyl/N-ethyl adjacent to an activating group) is 2. The molecule has 106 valence electrons. The molecule has 0 spiro atoms. The van der Waals surface area contributed by atoms with Gasteiger partial charge in [0, 0.05) is 36.2 Å². The first-order chi connectivity index (χ1) is 9.10. The number of hydrogen-bond acceptors (Lipinski definition) is 4. The van der Waals surface area contributed by atoms with Gasteiger partial charge in [-0.05, 0) is 38.2 Å². The molecule has 0 saturated carbocycles. The second kappa shape index (κ2) is 6.81. The SMILES string of the molecule is CN1CCN(C)C(C(Cc2ccc(Br)cc2)NN)C1. The Morgan fingerprint density at radius 1 is 1.32 bits per heavy atom. The van der Waals surface area contributed by atoms with Gasteiger partial charge in [-0.2, -0.15) is 0 Å². The van der Waals surface area contributed by atoms with Crippen molar-refractivity contribution in [1.29, 1.82) is 0 Å². The minimum absolute atomic E-state index is 0.272. The van der Waals surface area contributed by atoms with Gasteiger partial charge in [-0.15, -0.1) is 0 Å². The van der Waals surface area contributed by atoms with Crippen LogP contribution >= 0.6 is 15.9 Å². The number of hydrazine groups is 1. The molecule has 2 atom stereocenters. The summed E-state index contributed by atoms with van der Waals surface area (Å²) in [5.41, 5.74) is 4.32. The van der Waals surface area contributed by atoms with Crippen LogP contribution < -0.4 is 11.3 Å². The first kappa shape index (κ1) is 14.9. The van der Waals surface area contributed by atoms with Crippen LogP contribution in [0.4, 0.5) is 0 Å². The van der Waals surface area contributed by atoms with Crippen LogP contribution in [-0.2, 0) is 6.42 Å². The molecule has 1 aliphatic rings. The lowest BCUT2D eigenvalue weighted by molar-refractivity contribution is 0.0877. The Morgan fingerprint density at radius 2 is 2.00 bits per heavy atom. The monoisotopic (exact) mass is 326 g/mol. The Balaban J connectivity index is 2.04. The number of halogens is 1. The van der Waals surface area contributed by atoms with E-state index in [-0.39, 0.29) is 6.04 Å². The van der Waals surface area contributed by atoms with Crippen LogP contribution in [-0.4, -0.2) is 55.6 Å². The zero-order valence-corrected chi connectivity index (χ0v) is 13.2. The van der Waals surface area contributed by atoms with Gasteiger partial charge in [0.05, 0.1) is 0 Å². The van der Waals surface area contributed by atoms with E-state index in [0.717, 1.165) is 30.5 Å². The minimum Gasteiger partial charge on any atom is -0.303 e. The zero-order valence-electron chi connectivity index (χ0n) is 11.6. The topological polar surface area (TPSA) is 44.5 Å². The second-order valence-electron chi connectivity index (χ2n) is 5.41. The summed E-state index contributed by atoms with van der Waals surface area (Å²) in [6.45, 7) is 3.28. The van der Waals surface area contributed by atoms with Gasteiger partial charge in [-0.3, -0.25) is 16.2 Å². The van der Waals surface area contributed by atoms with Crippen LogP contribution in [0.3, 0.4) is 0 Å². The molecule has 0 radical (unpaired) electrons. The van der Waals surface area contributed by atoms with E-state index >= 15 is 0 Å². The first-order valence-electron chi connectivity index (χ1n) is 6.69. The van der Waals surface area contributed by atoms with Crippen molar-refractivity contribution in [1.82, 2.24) is 15.2 Å². The van der Waals surface area contributed by atoms with E-state index in [2.05, 4.69) is 69.5 Å². The third-order valence-corrected chi connectivity index (χ3v) is 4.48. The van der Waals surface area contributed by atoms with E-state index in [1.807, 2.05) is 0 Å². The van der Waals surface area contributed by atoms with Crippen molar-refractivity contribution in [3.63, 3.8) is 0 Å². The third-order valence-electron chi connectivity index (χ3n) is 3.95. The molecule has 3 N–H and O–H groups in total. The molecule has 2 rings (SSSR count). The summed E-state index contributed by atoms with van der Waals surface area (Å²) in [5.74, 6) is 5.78. The Bertz CT molecular complexity index is 395. The van der Waals surface area contributed by atoms with Crippen LogP contribution in [0.1, 0.15) is 5.56 Å². The van der Waals surface area contributed by atoms with Gasteiger partial charge in [0.15, 0.2) is 0 Å². The van der Waals surface area contributed by atoms with Crippen molar-refractivity contribution in [3.8, 4) is 0 Å². The number of nitrogens with zero attached hydrogens (tertiary/aromatic N) is 2. The van der Waals surface area contributed by atoms with Crippen LogP contribution in [0, 0.1) is 0 Å². The van der Waals surface area contributed by atoms with E-state index in [0.29, 0.717) is 6.04 Å². The van der Waals surface area contributed by atoms with Crippen molar-refractivity contribution in [3.05, 3.63) is 34.3 Å². The maximum Gasteiger partial charge on any atom is 0.0418 e. The molecule has 5 heteroatoms. The highest BCUT2D eigenvalue weighted by Crippen LogP contribution is 2.16. The molecule has 1 aromatic carbocycles. The second-order valence-corrected chi connectivity index (χ2v) is 6.33. The first-order valence-corrected chi connectivity index (χ1v) is 7.49. The van der Waals surface area contributed by atoms with Crippen LogP contribution in [0.2, 0.25) is 0 Å². The number of piperazine rings is 1. The Kier molecular flexibility index (Phi) is 5.36. The van der Waals surface area contributed by atoms with Crippen LogP contribution in [0.15, 0.2) is 28.7 Å². The lowest BCUT2D eigenvalue weighted by atomic mass is 9.97. The maximum absolute atomic E-state index is 5.78. The fourth-order valence-corrected chi connectivity index (χ4v) is 2.92. The number of benzene rings is 1. The molecular formula is C14H23BrN4. The molecule has 19 heavy (non-hydrogen) atoms. The summed E-state index contributed by atoms with van der Waals surface area (Å²) < 4.78 is 1.11. The average molecular weight is 327 g/mol. The number of nitrogens with two attached hydrogens (primary N) is 1. The van der Waals surface area contributed by atoms with Crippen molar-refractivity contribution >= 4 is 15.9 Å². The highest BCUT2D eigenvalue weighted by Gasteiger charge is 2.29. The quantitative estimate of drug-likeness (QED) is 0.641. The third kappa shape index (κ3) is 4.00. The summed E-state index contributed by atoms with van der Waals surface area (Å²) in [6, 6.07) is 9.20. The normalized spacial score (nSPS) is 23.5. The molecule has 0 aromatic heterocycles. The average Bonchev–Trinajstić information content (AvgIpc) is 2.41. The fraction of sp³-hybridized carbons (Fsp3) is 0.571. The van der Waals surface area contributed by atoms with Crippen molar-refractivity contribution < 1.29 is 0 Å². The van der Waals surface area contributed by atoms with E-state index < -0.39 is 0 Å². The predicted molar refractivity (Wildman–Crippen MR) is 82.9 cm³/mol. The number of hydrogen-bond donors (Lipinski definition) is 2. The Labute approximate surface area is 124 Å². The fourth-order valence-electron chi connectivity index (χ4n) is 2.66. The van der Waals surface area contributed by atoms with Crippen molar-refractivity contribution in [2.24, 2.45) is 5.84 Å². The van der Waals surface area contributed by atoms with E-state index in [4.69, 9.17) is 5.84 Å². The molecule has 0 amide bonds. The van der Waals surface area contributed by atoms with Crippen LogP contribution in [0.25, 0.3) is 0 Å². The molecule has 1 aromatic rings. The Hall–Kier alpha value is -0.460. The maximum atomic E-state index is 5.78. The van der Waals surface area contributed by atoms with Gasteiger partial charge < -0.3 is 4.90 Å². The summed E-state index contributed by atoms with van der Waals surface area (Å²) in [7, 11) is 4.36. The predicted octanol–water partition coefficient (Wildman–Crippen LogP) is 1.07. The molecule has 1 aliphatic heterocycles. The lowest BCUT2D eigenvalue weighted by Crippen LogP contribution is -2.60. The van der Waals surface area contributed by atoms with E-state index in [1.54, 1.807) is 0 Å². The molecule has 0 bridgehead atoms. The van der Waals surface area contributed by atoms with Crippen molar-refractivity contribution in [2.75, 3.05) is 33.7 Å². The summed E-state index contributed by atoms with van der Waals surface area (Å²) in [6.07, 6.45) is 0.951. The number of nitrogens with one attached hydrogen (secondary N) is 1. The Morgan fingerprint density at radius 3 is 2.63 bits per heavy atom. The lowest BCUT2D eigenvalue weighted by Gasteiger charge is -2.41. The largest absolute Gasteiger partial charge is 0.303 e. The van der Waals surface area contributed by atoms with E-state index in [1.165, 1.54) is 5.56 Å². The van der Waals surface area contributed by atoms with Crippen LogP contribution in [0.5, 0.6) is 0 Å². The summed E-state index contributed by atoms with van der Waals surface area (Å²) >= 11 is 3.47. The molecule has 1 heterocycles. The molecule has 1 saturated heterocycles. The van der Waals surface area contributed by atoms with Gasteiger partial charge in [0.2, 0.25) is 0 Å². The molecule has 0 aliphatic carbocycles.